The predicted octanol–water partition coefficient (Wildman–Crippen LogP) is 3.18. The molecule has 6 nitrogen and oxygen atoms in total. The van der Waals surface area contributed by atoms with Gasteiger partial charge in [-0.25, -0.2) is 8.42 Å². The number of rotatable bonds is 11. The molecule has 0 radical (unpaired) electrons. The minimum atomic E-state index is -3.39. The van der Waals surface area contributed by atoms with Crippen LogP contribution in [0.5, 0.6) is 0 Å². The van der Waals surface area contributed by atoms with Crippen molar-refractivity contribution < 1.29 is 17.6 Å². The van der Waals surface area contributed by atoms with Crippen LogP contribution in [0.4, 0.5) is 5.69 Å². The zero-order valence-electron chi connectivity index (χ0n) is 15.7. The zero-order chi connectivity index (χ0) is 19.7. The summed E-state index contributed by atoms with van der Waals surface area (Å²) in [6.07, 6.45) is 3.59. The molecule has 0 saturated heterocycles. The molecule has 0 fully saturated rings. The standard InChI is InChI=1S/C19H26N2O4S2/c1-16-7-9-17(10-8-16)21(27(2,23)24)12-3-6-19(22)20-11-14-26-15-18-5-4-13-25-18/h4-5,7-10,13H,3,6,11-12,14-15H2,1-2H3,(H,20,22). The van der Waals surface area contributed by atoms with Crippen molar-refractivity contribution in [2.75, 3.05) is 29.4 Å². The van der Waals surface area contributed by atoms with Crippen LogP contribution in [0.25, 0.3) is 0 Å². The molecule has 148 valence electrons. The van der Waals surface area contributed by atoms with E-state index in [2.05, 4.69) is 5.32 Å². The van der Waals surface area contributed by atoms with Crippen LogP contribution in [0, 0.1) is 6.92 Å². The van der Waals surface area contributed by atoms with Gasteiger partial charge in [-0.05, 0) is 37.6 Å². The second-order valence-electron chi connectivity index (χ2n) is 6.26. The fourth-order valence-corrected chi connectivity index (χ4v) is 4.22. The smallest absolute Gasteiger partial charge is 0.232 e. The number of sulfonamides is 1. The molecular weight excluding hydrogens is 384 g/mol. The summed E-state index contributed by atoms with van der Waals surface area (Å²) in [5.74, 6) is 2.43. The van der Waals surface area contributed by atoms with Crippen LogP contribution in [-0.4, -0.2) is 39.4 Å². The number of benzene rings is 1. The summed E-state index contributed by atoms with van der Waals surface area (Å²) < 4.78 is 30.7. The van der Waals surface area contributed by atoms with Crippen molar-refractivity contribution >= 4 is 33.4 Å². The van der Waals surface area contributed by atoms with Crippen LogP contribution < -0.4 is 9.62 Å². The lowest BCUT2D eigenvalue weighted by Crippen LogP contribution is -2.32. The van der Waals surface area contributed by atoms with Gasteiger partial charge < -0.3 is 9.73 Å². The number of carbonyl (C=O) groups is 1. The Hall–Kier alpha value is -1.93. The number of amides is 1. The molecule has 0 aliphatic rings. The largest absolute Gasteiger partial charge is 0.468 e. The Morgan fingerprint density at radius 1 is 1.22 bits per heavy atom. The van der Waals surface area contributed by atoms with E-state index in [-0.39, 0.29) is 12.5 Å². The van der Waals surface area contributed by atoms with Gasteiger partial charge in [0.2, 0.25) is 15.9 Å². The molecule has 8 heteroatoms. The number of hydrogen-bond acceptors (Lipinski definition) is 5. The molecule has 0 atom stereocenters. The maximum absolute atomic E-state index is 12.0. The van der Waals surface area contributed by atoms with Crippen molar-refractivity contribution in [1.29, 1.82) is 0 Å². The molecule has 0 bridgehead atoms. The third-order valence-corrected chi connectivity index (χ3v) is 6.06. The number of nitrogens with one attached hydrogen (secondary N) is 1. The molecule has 1 N–H and O–H groups in total. The van der Waals surface area contributed by atoms with Crippen molar-refractivity contribution in [2.45, 2.75) is 25.5 Å². The maximum atomic E-state index is 12.0. The van der Waals surface area contributed by atoms with E-state index in [1.54, 1.807) is 30.2 Å². The summed E-state index contributed by atoms with van der Waals surface area (Å²) in [4.78, 5) is 11.9. The molecule has 2 aromatic rings. The molecule has 27 heavy (non-hydrogen) atoms. The summed E-state index contributed by atoms with van der Waals surface area (Å²) in [6, 6.07) is 11.1. The van der Waals surface area contributed by atoms with E-state index in [0.717, 1.165) is 22.8 Å². The Bertz CT molecular complexity index is 803. The first-order valence-corrected chi connectivity index (χ1v) is 11.8. The van der Waals surface area contributed by atoms with E-state index in [1.165, 1.54) is 10.6 Å². The first-order chi connectivity index (χ1) is 12.9. The highest BCUT2D eigenvalue weighted by atomic mass is 32.2. The van der Waals surface area contributed by atoms with E-state index in [9.17, 15) is 13.2 Å². The number of furan rings is 1. The molecule has 0 unspecified atom stereocenters. The van der Waals surface area contributed by atoms with Crippen LogP contribution in [0.2, 0.25) is 0 Å². The van der Waals surface area contributed by atoms with Crippen LogP contribution in [0.15, 0.2) is 47.1 Å². The minimum absolute atomic E-state index is 0.0639. The molecule has 1 amide bonds. The van der Waals surface area contributed by atoms with Crippen molar-refractivity contribution in [3.05, 3.63) is 54.0 Å². The van der Waals surface area contributed by atoms with E-state index in [4.69, 9.17) is 4.42 Å². The zero-order valence-corrected chi connectivity index (χ0v) is 17.3. The minimum Gasteiger partial charge on any atom is -0.468 e. The van der Waals surface area contributed by atoms with Crippen LogP contribution >= 0.6 is 11.8 Å². The number of carbonyl (C=O) groups excluding carboxylic acids is 1. The predicted molar refractivity (Wildman–Crippen MR) is 110 cm³/mol. The first kappa shape index (κ1) is 21.4. The van der Waals surface area contributed by atoms with E-state index < -0.39 is 10.0 Å². The van der Waals surface area contributed by atoms with Gasteiger partial charge in [0.25, 0.3) is 0 Å². The average Bonchev–Trinajstić information content (AvgIpc) is 3.12. The van der Waals surface area contributed by atoms with Crippen molar-refractivity contribution in [3.63, 3.8) is 0 Å². The van der Waals surface area contributed by atoms with Gasteiger partial charge in [-0.1, -0.05) is 17.7 Å². The molecule has 0 saturated carbocycles. The number of thioether (sulfide) groups is 1. The Kier molecular flexibility index (Phi) is 8.24. The molecule has 1 heterocycles. The molecule has 1 aromatic heterocycles. The summed E-state index contributed by atoms with van der Waals surface area (Å²) in [5, 5.41) is 2.86. The third kappa shape index (κ3) is 7.68. The van der Waals surface area contributed by atoms with Gasteiger partial charge in [-0.2, -0.15) is 11.8 Å². The van der Waals surface area contributed by atoms with Gasteiger partial charge in [0.15, 0.2) is 0 Å². The number of anilines is 1. The van der Waals surface area contributed by atoms with Crippen LogP contribution in [0.1, 0.15) is 24.2 Å². The van der Waals surface area contributed by atoms with Gasteiger partial charge in [0.05, 0.1) is 24.0 Å². The Labute approximate surface area is 165 Å². The van der Waals surface area contributed by atoms with Crippen molar-refractivity contribution in [2.24, 2.45) is 0 Å². The monoisotopic (exact) mass is 410 g/mol. The SMILES string of the molecule is Cc1ccc(N(CCCC(=O)NCCSCc2ccco2)S(C)(=O)=O)cc1. The Balaban J connectivity index is 1.69. The van der Waals surface area contributed by atoms with E-state index in [0.29, 0.717) is 25.1 Å². The van der Waals surface area contributed by atoms with Gasteiger partial charge in [-0.15, -0.1) is 0 Å². The number of aryl methyl sites for hydroxylation is 1. The highest BCUT2D eigenvalue weighted by molar-refractivity contribution is 7.98. The number of nitrogens with zero attached hydrogens (tertiary/aromatic N) is 1. The molecule has 0 spiro atoms. The topological polar surface area (TPSA) is 79.6 Å². The Morgan fingerprint density at radius 2 is 1.96 bits per heavy atom. The Morgan fingerprint density at radius 3 is 2.59 bits per heavy atom. The third-order valence-electron chi connectivity index (χ3n) is 3.88. The molecule has 0 aliphatic carbocycles. The lowest BCUT2D eigenvalue weighted by molar-refractivity contribution is -0.121. The van der Waals surface area contributed by atoms with Gasteiger partial charge in [-0.3, -0.25) is 9.10 Å². The molecule has 1 aromatic carbocycles. The lowest BCUT2D eigenvalue weighted by atomic mass is 10.2. The number of hydrogen-bond donors (Lipinski definition) is 1. The fourth-order valence-electron chi connectivity index (χ4n) is 2.50. The fraction of sp³-hybridized carbons (Fsp3) is 0.421. The van der Waals surface area contributed by atoms with Gasteiger partial charge in [0, 0.05) is 25.3 Å². The summed E-state index contributed by atoms with van der Waals surface area (Å²) in [6.45, 7) is 2.81. The van der Waals surface area contributed by atoms with Gasteiger partial charge in [0.1, 0.15) is 5.76 Å². The summed E-state index contributed by atoms with van der Waals surface area (Å²) in [5.41, 5.74) is 1.69. The van der Waals surface area contributed by atoms with Gasteiger partial charge >= 0.3 is 0 Å². The summed E-state index contributed by atoms with van der Waals surface area (Å²) in [7, 11) is -3.39. The summed E-state index contributed by atoms with van der Waals surface area (Å²) >= 11 is 1.69. The quantitative estimate of drug-likeness (QED) is 0.576. The molecule has 0 aliphatic heterocycles. The first-order valence-electron chi connectivity index (χ1n) is 8.77. The van der Waals surface area contributed by atoms with Crippen molar-refractivity contribution in [3.8, 4) is 0 Å². The maximum Gasteiger partial charge on any atom is 0.232 e. The van der Waals surface area contributed by atoms with E-state index in [1.807, 2.05) is 31.2 Å². The van der Waals surface area contributed by atoms with Crippen LogP contribution in [-0.2, 0) is 20.6 Å². The highest BCUT2D eigenvalue weighted by Crippen LogP contribution is 2.19. The van der Waals surface area contributed by atoms with Crippen molar-refractivity contribution in [1.82, 2.24) is 5.32 Å². The normalized spacial score (nSPS) is 11.3. The second kappa shape index (κ2) is 10.4. The molecule has 2 rings (SSSR count). The highest BCUT2D eigenvalue weighted by Gasteiger charge is 2.17. The second-order valence-corrected chi connectivity index (χ2v) is 9.27. The lowest BCUT2D eigenvalue weighted by Gasteiger charge is -2.22. The van der Waals surface area contributed by atoms with Crippen LogP contribution in [0.3, 0.4) is 0 Å². The van der Waals surface area contributed by atoms with E-state index >= 15 is 0 Å². The average molecular weight is 411 g/mol. The molecular formula is C19H26N2O4S2.